The van der Waals surface area contributed by atoms with Gasteiger partial charge in [0.15, 0.2) is 0 Å². The first-order chi connectivity index (χ1) is 18.5. The van der Waals surface area contributed by atoms with Crippen LogP contribution in [0.5, 0.6) is 0 Å². The summed E-state index contributed by atoms with van der Waals surface area (Å²) in [5.41, 5.74) is 5.44. The zero-order valence-corrected chi connectivity index (χ0v) is 22.1. The van der Waals surface area contributed by atoms with Gasteiger partial charge in [-0.2, -0.15) is 5.10 Å². The summed E-state index contributed by atoms with van der Waals surface area (Å²) in [5, 5.41) is 5.40. The van der Waals surface area contributed by atoms with Crippen molar-refractivity contribution in [3.63, 3.8) is 0 Å². The second kappa shape index (κ2) is 10.0. The van der Waals surface area contributed by atoms with Gasteiger partial charge in [0, 0.05) is 21.0 Å². The number of aromatic nitrogens is 2. The Balaban J connectivity index is 1.23. The lowest BCUT2D eigenvalue weighted by molar-refractivity contribution is 0.0955. The van der Waals surface area contributed by atoms with E-state index in [4.69, 9.17) is 21.0 Å². The molecule has 1 N–H and O–H groups in total. The summed E-state index contributed by atoms with van der Waals surface area (Å²) in [7, 11) is 0. The number of thiophene rings is 1. The van der Waals surface area contributed by atoms with Crippen LogP contribution < -0.4 is 11.0 Å². The van der Waals surface area contributed by atoms with Gasteiger partial charge in [0.05, 0.1) is 17.3 Å². The summed E-state index contributed by atoms with van der Waals surface area (Å²) in [6, 6.07) is 17.8. The highest BCUT2D eigenvalue weighted by Gasteiger charge is 2.22. The van der Waals surface area contributed by atoms with Crippen LogP contribution in [0.25, 0.3) is 27.2 Å². The van der Waals surface area contributed by atoms with Crippen LogP contribution in [-0.2, 0) is 12.8 Å². The van der Waals surface area contributed by atoms with E-state index in [9.17, 15) is 9.59 Å². The van der Waals surface area contributed by atoms with Crippen LogP contribution in [0.3, 0.4) is 0 Å². The average Bonchev–Trinajstić information content (AvgIpc) is 3.54. The lowest BCUT2D eigenvalue weighted by Gasteiger charge is -2.12. The Morgan fingerprint density at radius 2 is 1.95 bits per heavy atom. The molecule has 6 rings (SSSR count). The SMILES string of the molecule is Cc1nc2sc3c(c2c(=O)n1-c1cccc(C(=O)N/N=C/c2ccc(-c4ccc(Cl)cc4)o2)c1)CCCC3. The Bertz CT molecular complexity index is 1770. The summed E-state index contributed by atoms with van der Waals surface area (Å²) in [5.74, 6) is 1.34. The molecule has 9 heteroatoms. The van der Waals surface area contributed by atoms with E-state index in [0.717, 1.165) is 41.6 Å². The smallest absolute Gasteiger partial charge is 0.271 e. The zero-order valence-electron chi connectivity index (χ0n) is 20.5. The Morgan fingerprint density at radius 3 is 2.79 bits per heavy atom. The molecule has 1 aliphatic rings. The highest BCUT2D eigenvalue weighted by atomic mass is 35.5. The minimum Gasteiger partial charge on any atom is -0.455 e. The predicted octanol–water partition coefficient (Wildman–Crippen LogP) is 6.31. The maximum Gasteiger partial charge on any atom is 0.271 e. The van der Waals surface area contributed by atoms with Crippen LogP contribution in [-0.4, -0.2) is 21.7 Å². The number of rotatable bonds is 5. The van der Waals surface area contributed by atoms with Gasteiger partial charge in [-0.1, -0.05) is 17.7 Å². The molecule has 0 saturated carbocycles. The first-order valence-corrected chi connectivity index (χ1v) is 13.5. The normalized spacial score (nSPS) is 13.2. The molecule has 0 spiro atoms. The van der Waals surface area contributed by atoms with Gasteiger partial charge in [-0.05, 0) is 92.8 Å². The number of hydrogen-bond acceptors (Lipinski definition) is 6. The molecule has 0 unspecified atom stereocenters. The third kappa shape index (κ3) is 4.57. The number of hydrazone groups is 1. The van der Waals surface area contributed by atoms with Crippen LogP contribution in [0, 0.1) is 6.92 Å². The number of hydrogen-bond donors (Lipinski definition) is 1. The van der Waals surface area contributed by atoms with Gasteiger partial charge < -0.3 is 4.42 Å². The summed E-state index contributed by atoms with van der Waals surface area (Å²) < 4.78 is 7.37. The maximum atomic E-state index is 13.6. The third-order valence-electron chi connectivity index (χ3n) is 6.64. The molecule has 0 radical (unpaired) electrons. The molecular weight excluding hydrogens is 520 g/mol. The van der Waals surface area contributed by atoms with E-state index in [1.807, 2.05) is 31.2 Å². The third-order valence-corrected chi connectivity index (χ3v) is 8.07. The van der Waals surface area contributed by atoms with Crippen molar-refractivity contribution >= 4 is 45.3 Å². The Kier molecular flexibility index (Phi) is 6.43. The number of nitrogens with zero attached hydrogens (tertiary/aromatic N) is 3. The van der Waals surface area contributed by atoms with Gasteiger partial charge >= 0.3 is 0 Å². The molecule has 3 heterocycles. The summed E-state index contributed by atoms with van der Waals surface area (Å²) in [4.78, 5) is 33.3. The molecular formula is C29H23ClN4O3S. The van der Waals surface area contributed by atoms with E-state index in [0.29, 0.717) is 39.0 Å². The fraction of sp³-hybridized carbons (Fsp3) is 0.172. The topological polar surface area (TPSA) is 89.5 Å². The van der Waals surface area contributed by atoms with Gasteiger partial charge in [0.25, 0.3) is 11.5 Å². The van der Waals surface area contributed by atoms with E-state index in [1.165, 1.54) is 11.1 Å². The minimum absolute atomic E-state index is 0.0863. The molecule has 0 fully saturated rings. The number of nitrogens with one attached hydrogen (secondary N) is 1. The maximum absolute atomic E-state index is 13.6. The van der Waals surface area contributed by atoms with Gasteiger partial charge in [-0.25, -0.2) is 10.4 Å². The van der Waals surface area contributed by atoms with Gasteiger partial charge in [0.1, 0.15) is 22.2 Å². The van der Waals surface area contributed by atoms with Gasteiger partial charge in [0.2, 0.25) is 0 Å². The molecule has 3 aromatic heterocycles. The van der Waals surface area contributed by atoms with Crippen molar-refractivity contribution < 1.29 is 9.21 Å². The summed E-state index contributed by atoms with van der Waals surface area (Å²) in [6.07, 6.45) is 5.59. The van der Waals surface area contributed by atoms with Crippen molar-refractivity contribution in [2.75, 3.05) is 0 Å². The Labute approximate surface area is 227 Å². The molecule has 1 aliphatic carbocycles. The standard InChI is InChI=1S/C29H23ClN4O3S/c1-17-32-28-26(23-7-2-3-8-25(23)38-28)29(36)34(17)21-6-4-5-19(15-21)27(35)33-31-16-22-13-14-24(37-22)18-9-11-20(30)12-10-18/h4-6,9-16H,2-3,7-8H2,1H3,(H,33,35)/b31-16+. The van der Waals surface area contributed by atoms with E-state index < -0.39 is 5.91 Å². The van der Waals surface area contributed by atoms with E-state index in [-0.39, 0.29) is 5.56 Å². The van der Waals surface area contributed by atoms with E-state index in [2.05, 4.69) is 10.5 Å². The van der Waals surface area contributed by atoms with Crippen LogP contribution in [0.1, 0.15) is 45.2 Å². The van der Waals surface area contributed by atoms with Crippen molar-refractivity contribution in [2.24, 2.45) is 5.10 Å². The fourth-order valence-corrected chi connectivity index (χ4v) is 6.23. The molecule has 2 aromatic carbocycles. The number of carbonyl (C=O) groups is 1. The van der Waals surface area contributed by atoms with E-state index >= 15 is 0 Å². The van der Waals surface area contributed by atoms with Crippen molar-refractivity contribution in [3.05, 3.63) is 104 Å². The molecule has 0 atom stereocenters. The average molecular weight is 543 g/mol. The lowest BCUT2D eigenvalue weighted by Crippen LogP contribution is -2.23. The Morgan fingerprint density at radius 1 is 1.13 bits per heavy atom. The molecule has 0 saturated heterocycles. The van der Waals surface area contributed by atoms with Gasteiger partial charge in [-0.3, -0.25) is 14.2 Å². The summed E-state index contributed by atoms with van der Waals surface area (Å²) >= 11 is 7.58. The van der Waals surface area contributed by atoms with Crippen molar-refractivity contribution in [1.29, 1.82) is 0 Å². The highest BCUT2D eigenvalue weighted by Crippen LogP contribution is 2.34. The number of halogens is 1. The molecule has 38 heavy (non-hydrogen) atoms. The van der Waals surface area contributed by atoms with Gasteiger partial charge in [-0.15, -0.1) is 11.3 Å². The monoisotopic (exact) mass is 542 g/mol. The second-order valence-corrected chi connectivity index (χ2v) is 10.7. The van der Waals surface area contributed by atoms with Crippen LogP contribution in [0.15, 0.2) is 75.0 Å². The van der Waals surface area contributed by atoms with Crippen molar-refractivity contribution in [2.45, 2.75) is 32.6 Å². The lowest BCUT2D eigenvalue weighted by atomic mass is 9.97. The first kappa shape index (κ1) is 24.3. The number of aryl methyl sites for hydroxylation is 3. The number of amides is 1. The van der Waals surface area contributed by atoms with Crippen LogP contribution >= 0.6 is 22.9 Å². The van der Waals surface area contributed by atoms with Crippen LogP contribution in [0.4, 0.5) is 0 Å². The Hall–Kier alpha value is -4.01. The largest absolute Gasteiger partial charge is 0.455 e. The quantitative estimate of drug-likeness (QED) is 0.208. The van der Waals surface area contributed by atoms with E-state index in [1.54, 1.807) is 52.3 Å². The molecule has 7 nitrogen and oxygen atoms in total. The zero-order chi connectivity index (χ0) is 26.2. The number of fused-ring (bicyclic) bond motifs is 3. The first-order valence-electron chi connectivity index (χ1n) is 12.3. The predicted molar refractivity (Wildman–Crippen MR) is 151 cm³/mol. The number of carbonyl (C=O) groups excluding carboxylic acids is 1. The molecule has 0 aliphatic heterocycles. The van der Waals surface area contributed by atoms with Crippen molar-refractivity contribution in [1.82, 2.24) is 15.0 Å². The summed E-state index contributed by atoms with van der Waals surface area (Å²) in [6.45, 7) is 1.82. The molecule has 0 bridgehead atoms. The van der Waals surface area contributed by atoms with Crippen molar-refractivity contribution in [3.8, 4) is 17.0 Å². The molecule has 5 aromatic rings. The fourth-order valence-electron chi connectivity index (χ4n) is 4.81. The minimum atomic E-state index is -0.403. The molecule has 190 valence electrons. The van der Waals surface area contributed by atoms with Crippen LogP contribution in [0.2, 0.25) is 5.02 Å². The molecule has 1 amide bonds. The number of benzene rings is 2. The highest BCUT2D eigenvalue weighted by molar-refractivity contribution is 7.18. The second-order valence-electron chi connectivity index (χ2n) is 9.15. The number of furan rings is 1.